The van der Waals surface area contributed by atoms with Crippen LogP contribution in [0.1, 0.15) is 17.3 Å². The molecule has 9 heteroatoms. The maximum absolute atomic E-state index is 13.3. The molecule has 0 saturated heterocycles. The van der Waals surface area contributed by atoms with Gasteiger partial charge in [-0.1, -0.05) is 0 Å². The molecule has 1 N–H and O–H groups in total. The fourth-order valence-electron chi connectivity index (χ4n) is 1.84. The number of hydrogen-bond donors (Lipinski definition) is 1. The number of rotatable bonds is 5. The number of nitro groups is 1. The fourth-order valence-corrected chi connectivity index (χ4v) is 1.84. The lowest BCUT2D eigenvalue weighted by molar-refractivity contribution is -0.387. The Bertz CT molecular complexity index is 824. The van der Waals surface area contributed by atoms with E-state index in [-0.39, 0.29) is 11.3 Å². The summed E-state index contributed by atoms with van der Waals surface area (Å²) in [6.07, 6.45) is -1.23. The first-order valence-corrected chi connectivity index (χ1v) is 6.99. The monoisotopic (exact) mass is 350 g/mol. The summed E-state index contributed by atoms with van der Waals surface area (Å²) < 4.78 is 31.0. The number of esters is 1. The average Bonchev–Trinajstić information content (AvgIpc) is 2.56. The third-order valence-corrected chi connectivity index (χ3v) is 3.14. The van der Waals surface area contributed by atoms with E-state index in [1.54, 1.807) is 0 Å². The van der Waals surface area contributed by atoms with Crippen LogP contribution >= 0.6 is 0 Å². The van der Waals surface area contributed by atoms with Crippen molar-refractivity contribution in [1.29, 1.82) is 0 Å². The van der Waals surface area contributed by atoms with Crippen molar-refractivity contribution in [3.8, 4) is 0 Å². The Morgan fingerprint density at radius 3 is 2.40 bits per heavy atom. The number of carbonyl (C=O) groups is 2. The number of halogens is 2. The number of benzene rings is 2. The Balaban J connectivity index is 2.03. The van der Waals surface area contributed by atoms with Crippen LogP contribution in [0.2, 0.25) is 0 Å². The largest absolute Gasteiger partial charge is 0.449 e. The Labute approximate surface area is 140 Å². The van der Waals surface area contributed by atoms with Gasteiger partial charge in [-0.2, -0.15) is 4.39 Å². The molecule has 0 saturated carbocycles. The second kappa shape index (κ2) is 7.47. The minimum atomic E-state index is -1.23. The van der Waals surface area contributed by atoms with E-state index in [1.165, 1.54) is 19.1 Å². The summed E-state index contributed by atoms with van der Waals surface area (Å²) in [5, 5.41) is 13.0. The highest BCUT2D eigenvalue weighted by atomic mass is 19.1. The summed E-state index contributed by atoms with van der Waals surface area (Å²) in [6, 6.07) is 7.36. The number of amides is 1. The zero-order valence-corrected chi connectivity index (χ0v) is 12.9. The lowest BCUT2D eigenvalue weighted by atomic mass is 10.2. The average molecular weight is 350 g/mol. The van der Waals surface area contributed by atoms with Crippen molar-refractivity contribution in [3.05, 3.63) is 69.8 Å². The molecule has 0 aliphatic heterocycles. The van der Waals surface area contributed by atoms with Gasteiger partial charge in [-0.05, 0) is 43.3 Å². The van der Waals surface area contributed by atoms with E-state index in [2.05, 4.69) is 5.32 Å². The van der Waals surface area contributed by atoms with Gasteiger partial charge in [0.25, 0.3) is 5.91 Å². The highest BCUT2D eigenvalue weighted by Gasteiger charge is 2.21. The molecule has 0 bridgehead atoms. The zero-order chi connectivity index (χ0) is 18.6. The molecule has 0 aliphatic rings. The highest BCUT2D eigenvalue weighted by molar-refractivity contribution is 5.97. The van der Waals surface area contributed by atoms with Gasteiger partial charge in [0.1, 0.15) is 5.82 Å². The molecule has 1 amide bonds. The molecule has 0 aromatic heterocycles. The van der Waals surface area contributed by atoms with Gasteiger partial charge in [-0.25, -0.2) is 9.18 Å². The molecule has 25 heavy (non-hydrogen) atoms. The first kappa shape index (κ1) is 18.0. The molecule has 7 nitrogen and oxygen atoms in total. The summed E-state index contributed by atoms with van der Waals surface area (Å²) in [7, 11) is 0. The van der Waals surface area contributed by atoms with E-state index in [0.29, 0.717) is 0 Å². The van der Waals surface area contributed by atoms with E-state index in [4.69, 9.17) is 4.74 Å². The van der Waals surface area contributed by atoms with E-state index in [1.807, 2.05) is 0 Å². The topological polar surface area (TPSA) is 98.5 Å². The van der Waals surface area contributed by atoms with Gasteiger partial charge in [0.2, 0.25) is 5.82 Å². The number of nitrogens with zero attached hydrogens (tertiary/aromatic N) is 1. The van der Waals surface area contributed by atoms with Gasteiger partial charge < -0.3 is 10.1 Å². The van der Waals surface area contributed by atoms with E-state index < -0.39 is 40.2 Å². The Morgan fingerprint density at radius 1 is 1.16 bits per heavy atom. The molecule has 2 aromatic carbocycles. The Hall–Kier alpha value is -3.36. The summed E-state index contributed by atoms with van der Waals surface area (Å²) >= 11 is 0. The van der Waals surface area contributed by atoms with Crippen LogP contribution in [0.25, 0.3) is 0 Å². The normalized spacial score (nSPS) is 11.5. The summed E-state index contributed by atoms with van der Waals surface area (Å²) in [6.45, 7) is 1.29. The number of ether oxygens (including phenoxy) is 1. The maximum atomic E-state index is 13.3. The third kappa shape index (κ3) is 4.56. The van der Waals surface area contributed by atoms with Crippen molar-refractivity contribution >= 4 is 23.3 Å². The summed E-state index contributed by atoms with van der Waals surface area (Å²) in [4.78, 5) is 33.6. The number of hydrogen-bond acceptors (Lipinski definition) is 5. The lowest BCUT2D eigenvalue weighted by Crippen LogP contribution is -2.30. The van der Waals surface area contributed by atoms with E-state index in [0.717, 1.165) is 30.3 Å². The maximum Gasteiger partial charge on any atom is 0.338 e. The number of nitrogens with one attached hydrogen (secondary N) is 1. The first-order valence-electron chi connectivity index (χ1n) is 6.99. The van der Waals surface area contributed by atoms with Crippen molar-refractivity contribution in [3.63, 3.8) is 0 Å². The molecule has 2 aromatic rings. The van der Waals surface area contributed by atoms with Crippen LogP contribution in [0.15, 0.2) is 42.5 Å². The number of anilines is 1. The van der Waals surface area contributed by atoms with Gasteiger partial charge >= 0.3 is 11.7 Å². The van der Waals surface area contributed by atoms with Gasteiger partial charge in [-0.15, -0.1) is 0 Å². The quantitative estimate of drug-likeness (QED) is 0.508. The molecule has 2 rings (SSSR count). The predicted octanol–water partition coefficient (Wildman–Crippen LogP) is 3.06. The SMILES string of the molecule is C[C@@H](OC(=O)c1ccc(F)cc1)C(=O)Nc1ccc(F)c([N+](=O)[O-])c1. The first-order chi connectivity index (χ1) is 11.8. The molecule has 0 fully saturated rings. The summed E-state index contributed by atoms with van der Waals surface area (Å²) in [5.74, 6) is -3.18. The molecule has 0 heterocycles. The third-order valence-electron chi connectivity index (χ3n) is 3.14. The zero-order valence-electron chi connectivity index (χ0n) is 12.9. The number of nitro benzene ring substituents is 1. The lowest BCUT2D eigenvalue weighted by Gasteiger charge is -2.13. The second-order valence-corrected chi connectivity index (χ2v) is 4.97. The molecule has 0 unspecified atom stereocenters. The minimum Gasteiger partial charge on any atom is -0.449 e. The van der Waals surface area contributed by atoms with Crippen LogP contribution in [-0.4, -0.2) is 22.9 Å². The van der Waals surface area contributed by atoms with Crippen molar-refractivity contribution < 1.29 is 28.0 Å². The van der Waals surface area contributed by atoms with E-state index >= 15 is 0 Å². The van der Waals surface area contributed by atoms with Crippen molar-refractivity contribution in [2.75, 3.05) is 5.32 Å². The summed E-state index contributed by atoms with van der Waals surface area (Å²) in [5.41, 5.74) is -0.769. The Morgan fingerprint density at radius 2 is 1.80 bits per heavy atom. The van der Waals surface area contributed by atoms with Crippen LogP contribution in [0.5, 0.6) is 0 Å². The van der Waals surface area contributed by atoms with Crippen LogP contribution < -0.4 is 5.32 Å². The minimum absolute atomic E-state index is 0.0252. The van der Waals surface area contributed by atoms with Crippen molar-refractivity contribution in [2.45, 2.75) is 13.0 Å². The van der Waals surface area contributed by atoms with Crippen molar-refractivity contribution in [1.82, 2.24) is 0 Å². The fraction of sp³-hybridized carbons (Fsp3) is 0.125. The van der Waals surface area contributed by atoms with Gasteiger partial charge in [0, 0.05) is 11.8 Å². The molecule has 0 aliphatic carbocycles. The molecular weight excluding hydrogens is 338 g/mol. The standard InChI is InChI=1S/C16H12F2N2O5/c1-9(25-16(22)10-2-4-11(17)5-3-10)15(21)19-12-6-7-13(18)14(8-12)20(23)24/h2-9H,1H3,(H,19,21)/t9-/m1/s1. The van der Waals surface area contributed by atoms with Gasteiger partial charge in [0.05, 0.1) is 10.5 Å². The molecule has 130 valence electrons. The number of carbonyl (C=O) groups excluding carboxylic acids is 2. The molecule has 0 radical (unpaired) electrons. The molecule has 0 spiro atoms. The Kier molecular flexibility index (Phi) is 5.38. The van der Waals surface area contributed by atoms with Gasteiger partial charge in [-0.3, -0.25) is 14.9 Å². The molecule has 1 atom stereocenters. The van der Waals surface area contributed by atoms with Gasteiger partial charge in [0.15, 0.2) is 6.10 Å². The highest BCUT2D eigenvalue weighted by Crippen LogP contribution is 2.21. The van der Waals surface area contributed by atoms with Crippen LogP contribution in [0.3, 0.4) is 0 Å². The van der Waals surface area contributed by atoms with Crippen LogP contribution in [0, 0.1) is 21.7 Å². The van der Waals surface area contributed by atoms with Crippen LogP contribution in [-0.2, 0) is 9.53 Å². The van der Waals surface area contributed by atoms with Crippen molar-refractivity contribution in [2.24, 2.45) is 0 Å². The van der Waals surface area contributed by atoms with E-state index in [9.17, 15) is 28.5 Å². The predicted molar refractivity (Wildman–Crippen MR) is 83.0 cm³/mol. The molecular formula is C16H12F2N2O5. The second-order valence-electron chi connectivity index (χ2n) is 4.97. The van der Waals surface area contributed by atoms with Crippen LogP contribution in [0.4, 0.5) is 20.2 Å². The smallest absolute Gasteiger partial charge is 0.338 e.